The van der Waals surface area contributed by atoms with Crippen molar-refractivity contribution in [2.75, 3.05) is 12.4 Å². The number of nitrogens with zero attached hydrogens (tertiary/aromatic N) is 1. The van der Waals surface area contributed by atoms with Gasteiger partial charge in [-0.15, -0.1) is 0 Å². The number of carboxylic acid groups (broad SMARTS) is 1. The predicted molar refractivity (Wildman–Crippen MR) is 61.4 cm³/mol. The zero-order valence-electron chi connectivity index (χ0n) is 9.90. The van der Waals surface area contributed by atoms with Gasteiger partial charge in [0.15, 0.2) is 5.82 Å². The molecule has 0 aliphatic carbocycles. The second-order valence-corrected chi connectivity index (χ2v) is 4.19. The Morgan fingerprint density at radius 2 is 2.29 bits per heavy atom. The van der Waals surface area contributed by atoms with Gasteiger partial charge < -0.3 is 20.1 Å². The number of H-pyrrole nitrogens is 1. The third-order valence-electron chi connectivity index (χ3n) is 2.06. The molecule has 0 bridgehead atoms. The average molecular weight is 241 g/mol. The minimum absolute atomic E-state index is 0.0333. The van der Waals surface area contributed by atoms with Crippen LogP contribution in [0.3, 0.4) is 0 Å². The molecule has 0 aliphatic rings. The first kappa shape index (κ1) is 13.0. The molecule has 0 aromatic carbocycles. The van der Waals surface area contributed by atoms with Crippen LogP contribution in [0.15, 0.2) is 11.1 Å². The van der Waals surface area contributed by atoms with Crippen LogP contribution in [-0.4, -0.2) is 33.7 Å². The molecule has 1 heterocycles. The van der Waals surface area contributed by atoms with E-state index < -0.39 is 17.1 Å². The van der Waals surface area contributed by atoms with Crippen LogP contribution in [0.1, 0.15) is 20.3 Å². The largest absolute Gasteiger partial charge is 0.489 e. The number of nitrogens with one attached hydrogen (secondary N) is 2. The average Bonchev–Trinajstić information content (AvgIpc) is 2.14. The standard InChI is InChI=1S/C10H15N3O4/c1-10(2,4-6(14)15)13-8-7(17-3)9(16)12-5-11-8/h5H,4H2,1-3H3,(H,14,15)(H2,11,12,13,16). The Hall–Kier alpha value is -2.05. The summed E-state index contributed by atoms with van der Waals surface area (Å²) in [7, 11) is 1.35. The molecule has 3 N–H and O–H groups in total. The highest BCUT2D eigenvalue weighted by molar-refractivity contribution is 5.69. The molecule has 7 nitrogen and oxygen atoms in total. The summed E-state index contributed by atoms with van der Waals surface area (Å²) < 4.78 is 4.91. The number of hydrogen-bond acceptors (Lipinski definition) is 5. The summed E-state index contributed by atoms with van der Waals surface area (Å²) in [6.07, 6.45) is 1.12. The molecule has 1 aromatic heterocycles. The SMILES string of the molecule is COc1c(NC(C)(C)CC(=O)O)nc[nH]c1=O. The van der Waals surface area contributed by atoms with Crippen LogP contribution in [0.2, 0.25) is 0 Å². The van der Waals surface area contributed by atoms with Crippen LogP contribution >= 0.6 is 0 Å². The van der Waals surface area contributed by atoms with E-state index >= 15 is 0 Å². The van der Waals surface area contributed by atoms with Gasteiger partial charge in [0.2, 0.25) is 5.75 Å². The van der Waals surface area contributed by atoms with Crippen LogP contribution in [0.4, 0.5) is 5.82 Å². The molecule has 0 saturated heterocycles. The first-order valence-corrected chi connectivity index (χ1v) is 4.97. The molecule has 1 rings (SSSR count). The van der Waals surface area contributed by atoms with Gasteiger partial charge in [0.1, 0.15) is 0 Å². The molecule has 0 amide bonds. The third kappa shape index (κ3) is 3.47. The van der Waals surface area contributed by atoms with Crippen molar-refractivity contribution < 1.29 is 14.6 Å². The van der Waals surface area contributed by atoms with Crippen molar-refractivity contribution in [3.05, 3.63) is 16.7 Å². The van der Waals surface area contributed by atoms with Crippen molar-refractivity contribution in [1.82, 2.24) is 9.97 Å². The summed E-state index contributed by atoms with van der Waals surface area (Å²) >= 11 is 0. The lowest BCUT2D eigenvalue weighted by atomic mass is 10.0. The summed E-state index contributed by atoms with van der Waals surface area (Å²) in [5, 5.41) is 11.6. The lowest BCUT2D eigenvalue weighted by Crippen LogP contribution is -2.34. The second-order valence-electron chi connectivity index (χ2n) is 4.19. The van der Waals surface area contributed by atoms with E-state index in [1.165, 1.54) is 13.4 Å². The molecule has 0 unspecified atom stereocenters. The van der Waals surface area contributed by atoms with E-state index in [1.54, 1.807) is 13.8 Å². The van der Waals surface area contributed by atoms with E-state index in [0.29, 0.717) is 0 Å². The fraction of sp³-hybridized carbons (Fsp3) is 0.500. The maximum Gasteiger partial charge on any atom is 0.305 e. The zero-order chi connectivity index (χ0) is 13.1. The summed E-state index contributed by atoms with van der Waals surface area (Å²) in [5.41, 5.74) is -1.16. The minimum Gasteiger partial charge on any atom is -0.489 e. The highest BCUT2D eigenvalue weighted by Gasteiger charge is 2.24. The molecule has 0 fully saturated rings. The summed E-state index contributed by atoms with van der Waals surface area (Å²) in [5.74, 6) is -0.681. The number of carbonyl (C=O) groups is 1. The molecule has 0 saturated carbocycles. The smallest absolute Gasteiger partial charge is 0.305 e. The van der Waals surface area contributed by atoms with Gasteiger partial charge >= 0.3 is 5.97 Å². The predicted octanol–water partition coefficient (Wildman–Crippen LogP) is 0.444. The molecular weight excluding hydrogens is 226 g/mol. The van der Waals surface area contributed by atoms with Crippen molar-refractivity contribution >= 4 is 11.8 Å². The van der Waals surface area contributed by atoms with E-state index in [2.05, 4.69) is 15.3 Å². The minimum atomic E-state index is -0.939. The number of rotatable bonds is 5. The number of carboxylic acids is 1. The van der Waals surface area contributed by atoms with Crippen LogP contribution in [-0.2, 0) is 4.79 Å². The van der Waals surface area contributed by atoms with Crippen LogP contribution in [0.25, 0.3) is 0 Å². The van der Waals surface area contributed by atoms with Crippen molar-refractivity contribution in [3.8, 4) is 5.75 Å². The molecule has 94 valence electrons. The number of anilines is 1. The Morgan fingerprint density at radius 1 is 1.65 bits per heavy atom. The molecular formula is C10H15N3O4. The molecule has 17 heavy (non-hydrogen) atoms. The van der Waals surface area contributed by atoms with Crippen molar-refractivity contribution in [2.45, 2.75) is 25.8 Å². The Balaban J connectivity index is 2.99. The zero-order valence-corrected chi connectivity index (χ0v) is 9.90. The molecule has 0 aliphatic heterocycles. The lowest BCUT2D eigenvalue weighted by molar-refractivity contribution is -0.137. The molecule has 0 radical (unpaired) electrons. The number of hydrogen-bond donors (Lipinski definition) is 3. The highest BCUT2D eigenvalue weighted by Crippen LogP contribution is 2.21. The van der Waals surface area contributed by atoms with Gasteiger partial charge in [-0.3, -0.25) is 9.59 Å². The van der Waals surface area contributed by atoms with Crippen molar-refractivity contribution in [1.29, 1.82) is 0 Å². The maximum atomic E-state index is 11.4. The van der Waals surface area contributed by atoms with E-state index in [0.717, 1.165) is 0 Å². The lowest BCUT2D eigenvalue weighted by Gasteiger charge is -2.25. The van der Waals surface area contributed by atoms with Crippen LogP contribution in [0.5, 0.6) is 5.75 Å². The first-order chi connectivity index (χ1) is 7.85. The molecule has 1 aromatic rings. The van der Waals surface area contributed by atoms with Gasteiger partial charge in [0.25, 0.3) is 5.56 Å². The van der Waals surface area contributed by atoms with Gasteiger partial charge in [-0.1, -0.05) is 0 Å². The third-order valence-corrected chi connectivity index (χ3v) is 2.06. The highest BCUT2D eigenvalue weighted by atomic mass is 16.5. The Morgan fingerprint density at radius 3 is 2.82 bits per heavy atom. The van der Waals surface area contributed by atoms with E-state index in [9.17, 15) is 9.59 Å². The number of aromatic nitrogens is 2. The van der Waals surface area contributed by atoms with E-state index in [4.69, 9.17) is 9.84 Å². The number of methoxy groups -OCH3 is 1. The van der Waals surface area contributed by atoms with Gasteiger partial charge in [0, 0.05) is 5.54 Å². The Kier molecular flexibility index (Phi) is 3.72. The van der Waals surface area contributed by atoms with Gasteiger partial charge in [-0.05, 0) is 13.8 Å². The van der Waals surface area contributed by atoms with E-state index in [-0.39, 0.29) is 18.0 Å². The van der Waals surface area contributed by atoms with Gasteiger partial charge in [0.05, 0.1) is 19.9 Å². The quantitative estimate of drug-likeness (QED) is 0.691. The first-order valence-electron chi connectivity index (χ1n) is 4.97. The van der Waals surface area contributed by atoms with E-state index in [1.807, 2.05) is 0 Å². The van der Waals surface area contributed by atoms with Gasteiger partial charge in [-0.2, -0.15) is 0 Å². The maximum absolute atomic E-state index is 11.4. The normalized spacial score (nSPS) is 11.0. The molecule has 0 atom stereocenters. The fourth-order valence-corrected chi connectivity index (χ4v) is 1.41. The Labute approximate surface area is 97.8 Å². The summed E-state index contributed by atoms with van der Waals surface area (Å²) in [6, 6.07) is 0. The van der Waals surface area contributed by atoms with Crippen molar-refractivity contribution in [2.24, 2.45) is 0 Å². The fourth-order valence-electron chi connectivity index (χ4n) is 1.41. The second kappa shape index (κ2) is 4.86. The van der Waals surface area contributed by atoms with Crippen LogP contribution in [0, 0.1) is 0 Å². The topological polar surface area (TPSA) is 104 Å². The van der Waals surface area contributed by atoms with Gasteiger partial charge in [-0.25, -0.2) is 4.98 Å². The van der Waals surface area contributed by atoms with Crippen molar-refractivity contribution in [3.63, 3.8) is 0 Å². The number of aromatic amines is 1. The summed E-state index contributed by atoms with van der Waals surface area (Å²) in [6.45, 7) is 3.40. The van der Waals surface area contributed by atoms with Crippen LogP contribution < -0.4 is 15.6 Å². The monoisotopic (exact) mass is 241 g/mol. The number of ether oxygens (including phenoxy) is 1. The number of aliphatic carboxylic acids is 1. The molecule has 0 spiro atoms. The summed E-state index contributed by atoms with van der Waals surface area (Å²) in [4.78, 5) is 28.4. The molecule has 7 heteroatoms. The Bertz CT molecular complexity index is 467.